The van der Waals surface area contributed by atoms with Gasteiger partial charge in [0.05, 0.1) is 5.69 Å². The first-order valence-electron chi connectivity index (χ1n) is 7.15. The Kier molecular flexibility index (Phi) is 4.43. The van der Waals surface area contributed by atoms with E-state index in [-0.39, 0.29) is 0 Å². The predicted octanol–water partition coefficient (Wildman–Crippen LogP) is 3.56. The van der Waals surface area contributed by atoms with Crippen LogP contribution in [0.3, 0.4) is 0 Å². The summed E-state index contributed by atoms with van der Waals surface area (Å²) in [5.74, 6) is 0.512. The molecule has 2 rings (SSSR count). The number of nitrogens with zero attached hydrogens (tertiary/aromatic N) is 1. The van der Waals surface area contributed by atoms with Crippen LogP contribution >= 0.6 is 11.6 Å². The summed E-state index contributed by atoms with van der Waals surface area (Å²) in [5, 5.41) is 1.87. The molecule has 0 atom stereocenters. The largest absolute Gasteiger partial charge is 0.360 e. The number of ether oxygens (including phenoxy) is 1. The molecule has 0 aliphatic carbocycles. The van der Waals surface area contributed by atoms with E-state index in [1.54, 1.807) is 0 Å². The quantitative estimate of drug-likeness (QED) is 0.494. The van der Waals surface area contributed by atoms with Gasteiger partial charge in [0.15, 0.2) is 0 Å². The summed E-state index contributed by atoms with van der Waals surface area (Å²) >= 11 is 5.85. The maximum absolute atomic E-state index is 8.02. The number of alkyl halides is 1. The maximum Gasteiger partial charge on any atom is 0.148 e. The number of benzene rings is 1. The van der Waals surface area contributed by atoms with E-state index >= 15 is 0 Å². The van der Waals surface area contributed by atoms with E-state index < -0.39 is 8.07 Å². The summed E-state index contributed by atoms with van der Waals surface area (Å²) in [7, 11) is -1.05. The zero-order valence-electron chi connectivity index (χ0n) is 12.9. The Morgan fingerprint density at radius 1 is 1.47 bits per heavy atom. The van der Waals surface area contributed by atoms with Gasteiger partial charge in [0, 0.05) is 27.1 Å². The summed E-state index contributed by atoms with van der Waals surface area (Å²) in [5.41, 5.74) is 4.76. The highest BCUT2D eigenvalue weighted by molar-refractivity contribution is 6.76. The Morgan fingerprint density at radius 3 is 2.95 bits per heavy atom. The second-order valence-electron chi connectivity index (χ2n) is 6.14. The average molecular weight is 300 g/mol. The predicted molar refractivity (Wildman–Crippen MR) is 84.3 cm³/mol. The van der Waals surface area contributed by atoms with Gasteiger partial charge in [0.1, 0.15) is 8.14 Å². The van der Waals surface area contributed by atoms with Crippen LogP contribution < -0.4 is 10.4 Å². The molecule has 1 aromatic carbocycles. The van der Waals surface area contributed by atoms with Crippen molar-refractivity contribution in [3.63, 3.8) is 0 Å². The first kappa shape index (κ1) is 13.4. The van der Waals surface area contributed by atoms with E-state index in [1.165, 1.54) is 5.42 Å². The van der Waals surface area contributed by atoms with Crippen molar-refractivity contribution in [2.75, 3.05) is 18.3 Å². The van der Waals surface area contributed by atoms with Crippen molar-refractivity contribution in [3.8, 4) is 0 Å². The molecule has 1 heterocycles. The molecule has 1 N–H and O–H groups in total. The van der Waals surface area contributed by atoms with E-state index in [0.29, 0.717) is 19.2 Å². The lowest BCUT2D eigenvalue weighted by Gasteiger charge is -2.21. The van der Waals surface area contributed by atoms with Crippen LogP contribution in [0.1, 0.15) is 11.1 Å². The summed E-state index contributed by atoms with van der Waals surface area (Å²) in [6, 6.07) is 7.27. The van der Waals surface area contributed by atoms with Crippen LogP contribution in [-0.4, -0.2) is 21.4 Å². The zero-order chi connectivity index (χ0) is 14.8. The van der Waals surface area contributed by atoms with Crippen LogP contribution in [-0.2, 0) is 17.2 Å². The second-order valence-corrected chi connectivity index (χ2v) is 12.0. The van der Waals surface area contributed by atoms with Crippen molar-refractivity contribution in [2.45, 2.75) is 38.1 Å². The van der Waals surface area contributed by atoms with Gasteiger partial charge in [-0.15, -0.1) is 11.6 Å². The number of anilines is 1. The summed E-state index contributed by atoms with van der Waals surface area (Å²) in [6.07, 6.45) is 0. The Hall–Kier alpha value is -0.553. The third kappa shape index (κ3) is 4.21. The van der Waals surface area contributed by atoms with E-state index in [4.69, 9.17) is 17.7 Å². The first-order valence-corrected chi connectivity index (χ1v) is 10.9. The van der Waals surface area contributed by atoms with Gasteiger partial charge in [-0.1, -0.05) is 31.8 Å². The molecule has 3 nitrogen and oxygen atoms in total. The molecule has 0 aromatic heterocycles. The molecular weight excluding hydrogens is 276 g/mol. The smallest absolute Gasteiger partial charge is 0.148 e. The molecule has 0 bridgehead atoms. The summed E-state index contributed by atoms with van der Waals surface area (Å²) < 4.78 is 13.8. The number of rotatable bonds is 6. The molecule has 1 aromatic rings. The number of nitrogens with one attached hydrogen (secondary N) is 1. The minimum atomic E-state index is -1.05. The molecule has 0 fully saturated rings. The van der Waals surface area contributed by atoms with Gasteiger partial charge in [-0.05, 0) is 23.2 Å². The number of fused-ring (bicyclic) bond motifs is 1. The van der Waals surface area contributed by atoms with Crippen molar-refractivity contribution >= 4 is 25.4 Å². The van der Waals surface area contributed by atoms with Crippen LogP contribution in [0.2, 0.25) is 27.1 Å². The van der Waals surface area contributed by atoms with E-state index in [2.05, 4.69) is 25.7 Å². The van der Waals surface area contributed by atoms with E-state index in [9.17, 15) is 0 Å². The van der Waals surface area contributed by atoms with E-state index in [0.717, 1.165) is 29.5 Å². The molecule has 0 saturated carbocycles. The molecule has 0 amide bonds. The molecule has 1 aliphatic heterocycles. The Labute approximate surface area is 123 Å². The van der Waals surface area contributed by atoms with Crippen LogP contribution in [0.15, 0.2) is 18.2 Å². The summed E-state index contributed by atoms with van der Waals surface area (Å²) in [4.78, 5) is 0. The van der Waals surface area contributed by atoms with Gasteiger partial charge in [0.2, 0.25) is 0 Å². The number of hydrogen-bond acceptors (Lipinski definition) is 3. The molecule has 0 saturated heterocycles. The van der Waals surface area contributed by atoms with Gasteiger partial charge in [-0.2, -0.15) is 0 Å². The third-order valence-electron chi connectivity index (χ3n) is 3.20. The minimum absolute atomic E-state index is 0.446. The fraction of sp³-hybridized carbons (Fsp3) is 0.571. The van der Waals surface area contributed by atoms with Crippen molar-refractivity contribution in [2.24, 2.45) is 0 Å². The Morgan fingerprint density at radius 2 is 2.26 bits per heavy atom. The SMILES string of the molecule is [2H]N1Cc2cc(CCl)ccc2N1COCC[Si](C)(C)C. The first-order chi connectivity index (χ1) is 9.40. The molecule has 106 valence electrons. The molecule has 0 spiro atoms. The van der Waals surface area contributed by atoms with Gasteiger partial charge in [-0.25, -0.2) is 5.42 Å². The highest BCUT2D eigenvalue weighted by Gasteiger charge is 2.19. The highest BCUT2D eigenvalue weighted by atomic mass is 35.5. The highest BCUT2D eigenvalue weighted by Crippen LogP contribution is 2.26. The number of hydrogen-bond donors (Lipinski definition) is 1. The topological polar surface area (TPSA) is 24.5 Å². The Balaban J connectivity index is 1.94. The lowest BCUT2D eigenvalue weighted by atomic mass is 10.1. The van der Waals surface area contributed by atoms with Crippen molar-refractivity contribution in [1.29, 1.82) is 0 Å². The van der Waals surface area contributed by atoms with Crippen molar-refractivity contribution in [1.82, 2.24) is 5.42 Å². The van der Waals surface area contributed by atoms with Gasteiger partial charge in [-0.3, -0.25) is 5.01 Å². The second kappa shape index (κ2) is 6.26. The summed E-state index contributed by atoms with van der Waals surface area (Å²) in [6.45, 7) is 8.83. The number of halogens is 1. The van der Waals surface area contributed by atoms with Gasteiger partial charge in [0.25, 0.3) is 0 Å². The lowest BCUT2D eigenvalue weighted by molar-refractivity contribution is 0.141. The van der Waals surface area contributed by atoms with Crippen molar-refractivity contribution < 1.29 is 6.15 Å². The van der Waals surface area contributed by atoms with Crippen LogP contribution in [0.4, 0.5) is 5.69 Å². The molecule has 5 heteroatoms. The van der Waals surface area contributed by atoms with Crippen molar-refractivity contribution in [3.05, 3.63) is 29.3 Å². The van der Waals surface area contributed by atoms with Crippen LogP contribution in [0.25, 0.3) is 0 Å². The van der Waals surface area contributed by atoms with Gasteiger partial charge >= 0.3 is 0 Å². The van der Waals surface area contributed by atoms with Crippen LogP contribution in [0, 0.1) is 0 Å². The fourth-order valence-corrected chi connectivity index (χ4v) is 2.90. The third-order valence-corrected chi connectivity index (χ3v) is 5.21. The Bertz CT molecular complexity index is 467. The lowest BCUT2D eigenvalue weighted by Crippen LogP contribution is -2.35. The molecule has 1 aliphatic rings. The molecule has 19 heavy (non-hydrogen) atoms. The molecular formula is C14H23ClN2OSi. The average Bonchev–Trinajstić information content (AvgIpc) is 2.68. The molecule has 0 unspecified atom stereocenters. The van der Waals surface area contributed by atoms with Gasteiger partial charge < -0.3 is 4.74 Å². The molecule has 0 radical (unpaired) electrons. The fourth-order valence-electron chi connectivity index (χ4n) is 1.98. The standard InChI is InChI=1S/C14H23ClN2OSi/c1-19(2,3)7-6-18-11-17-14-5-4-12(9-15)8-13(14)10-16-17/h4-5,8,16H,6-7,9-11H2,1-3H3/i/hD. The monoisotopic (exact) mass is 299 g/mol. The van der Waals surface area contributed by atoms with Crippen LogP contribution in [0.5, 0.6) is 0 Å². The maximum atomic E-state index is 8.02. The van der Waals surface area contributed by atoms with E-state index in [1.807, 2.05) is 17.1 Å². The number of hydrazine groups is 1. The normalized spacial score (nSPS) is 16.6. The zero-order valence-corrected chi connectivity index (χ0v) is 13.7. The minimum Gasteiger partial charge on any atom is -0.360 e.